The van der Waals surface area contributed by atoms with Crippen LogP contribution in [0.3, 0.4) is 0 Å². The zero-order valence-electron chi connectivity index (χ0n) is 10.9. The van der Waals surface area contributed by atoms with E-state index in [2.05, 4.69) is 15.0 Å². The molecular formula is C14H10F2N2O3. The highest BCUT2D eigenvalue weighted by molar-refractivity contribution is 6.04. The van der Waals surface area contributed by atoms with E-state index in [0.717, 1.165) is 31.5 Å². The van der Waals surface area contributed by atoms with Crippen molar-refractivity contribution in [2.75, 3.05) is 12.4 Å². The molecule has 0 aliphatic rings. The smallest absolute Gasteiger partial charge is 0.340 e. The Morgan fingerprint density at radius 2 is 1.95 bits per heavy atom. The van der Waals surface area contributed by atoms with E-state index >= 15 is 0 Å². The van der Waals surface area contributed by atoms with Crippen molar-refractivity contribution in [2.45, 2.75) is 0 Å². The van der Waals surface area contributed by atoms with Gasteiger partial charge in [0.2, 0.25) is 5.95 Å². The lowest BCUT2D eigenvalue weighted by Gasteiger charge is -2.07. The molecule has 2 aromatic rings. The minimum atomic E-state index is -0.862. The molecule has 0 aliphatic carbocycles. The van der Waals surface area contributed by atoms with E-state index in [0.29, 0.717) is 0 Å². The van der Waals surface area contributed by atoms with E-state index < -0.39 is 23.6 Å². The molecule has 1 aromatic heterocycles. The lowest BCUT2D eigenvalue weighted by Crippen LogP contribution is -2.13. The topological polar surface area (TPSA) is 68.3 Å². The van der Waals surface area contributed by atoms with E-state index in [1.54, 1.807) is 0 Å². The molecule has 0 fully saturated rings. The van der Waals surface area contributed by atoms with Crippen LogP contribution < -0.4 is 5.32 Å². The van der Waals surface area contributed by atoms with E-state index in [9.17, 15) is 18.4 Å². The number of nitrogens with one attached hydrogen (secondary N) is 1. The van der Waals surface area contributed by atoms with Crippen molar-refractivity contribution < 1.29 is 23.1 Å². The van der Waals surface area contributed by atoms with Crippen LogP contribution in [0.15, 0.2) is 36.5 Å². The second kappa shape index (κ2) is 6.08. The van der Waals surface area contributed by atoms with Crippen molar-refractivity contribution in [3.8, 4) is 0 Å². The molecule has 21 heavy (non-hydrogen) atoms. The lowest BCUT2D eigenvalue weighted by molar-refractivity contribution is 0.0595. The molecule has 0 spiro atoms. The number of carbonyl (C=O) groups is 2. The summed E-state index contributed by atoms with van der Waals surface area (Å²) >= 11 is 0. The molecule has 7 heteroatoms. The number of halogens is 2. The molecule has 1 N–H and O–H groups in total. The van der Waals surface area contributed by atoms with Crippen molar-refractivity contribution in [1.82, 2.24) is 4.98 Å². The van der Waals surface area contributed by atoms with Gasteiger partial charge in [0.15, 0.2) is 0 Å². The van der Waals surface area contributed by atoms with Gasteiger partial charge in [0.1, 0.15) is 5.82 Å². The van der Waals surface area contributed by atoms with Gasteiger partial charge in [-0.15, -0.1) is 0 Å². The maximum Gasteiger partial charge on any atom is 0.340 e. The zero-order chi connectivity index (χ0) is 15.4. The first-order valence-electron chi connectivity index (χ1n) is 5.82. The van der Waals surface area contributed by atoms with Crippen LogP contribution in [-0.2, 0) is 4.74 Å². The van der Waals surface area contributed by atoms with Crippen LogP contribution in [0.2, 0.25) is 0 Å². The van der Waals surface area contributed by atoms with Gasteiger partial charge in [-0.1, -0.05) is 0 Å². The third kappa shape index (κ3) is 3.38. The summed E-state index contributed by atoms with van der Waals surface area (Å²) in [5.74, 6) is -3.04. The average Bonchev–Trinajstić information content (AvgIpc) is 2.48. The first-order chi connectivity index (χ1) is 10.0. The highest BCUT2D eigenvalue weighted by Gasteiger charge is 2.14. The van der Waals surface area contributed by atoms with E-state index in [-0.39, 0.29) is 16.8 Å². The Balaban J connectivity index is 2.24. The van der Waals surface area contributed by atoms with Crippen LogP contribution in [0.1, 0.15) is 20.7 Å². The van der Waals surface area contributed by atoms with Crippen LogP contribution in [0.4, 0.5) is 14.5 Å². The zero-order valence-corrected chi connectivity index (χ0v) is 10.9. The fourth-order valence-electron chi connectivity index (χ4n) is 1.62. The van der Waals surface area contributed by atoms with Gasteiger partial charge in [-0.25, -0.2) is 14.2 Å². The number of esters is 1. The Kier molecular flexibility index (Phi) is 4.22. The first kappa shape index (κ1) is 14.6. The SMILES string of the molecule is COC(=O)c1cc(NC(=O)c2ccnc(F)c2)ccc1F. The summed E-state index contributed by atoms with van der Waals surface area (Å²) in [6.45, 7) is 0. The summed E-state index contributed by atoms with van der Waals surface area (Å²) in [7, 11) is 1.12. The van der Waals surface area contributed by atoms with Crippen molar-refractivity contribution in [2.24, 2.45) is 0 Å². The predicted molar refractivity (Wildman–Crippen MR) is 69.9 cm³/mol. The average molecular weight is 292 g/mol. The summed E-state index contributed by atoms with van der Waals surface area (Å²) in [6, 6.07) is 5.71. The minimum Gasteiger partial charge on any atom is -0.465 e. The number of pyridine rings is 1. The molecule has 0 saturated carbocycles. The number of hydrogen-bond donors (Lipinski definition) is 1. The summed E-state index contributed by atoms with van der Waals surface area (Å²) in [4.78, 5) is 26.6. The Morgan fingerprint density at radius 3 is 2.62 bits per heavy atom. The number of carbonyl (C=O) groups excluding carboxylic acids is 2. The molecule has 1 aromatic carbocycles. The van der Waals surface area contributed by atoms with Crippen LogP contribution in [0.5, 0.6) is 0 Å². The Morgan fingerprint density at radius 1 is 1.19 bits per heavy atom. The largest absolute Gasteiger partial charge is 0.465 e. The number of amides is 1. The first-order valence-corrected chi connectivity index (χ1v) is 5.82. The van der Waals surface area contributed by atoms with Crippen molar-refractivity contribution in [3.63, 3.8) is 0 Å². The van der Waals surface area contributed by atoms with Gasteiger partial charge in [0, 0.05) is 23.5 Å². The molecule has 2 rings (SSSR count). The third-order valence-corrected chi connectivity index (χ3v) is 2.62. The Hall–Kier alpha value is -2.83. The van der Waals surface area contributed by atoms with Gasteiger partial charge < -0.3 is 10.1 Å². The van der Waals surface area contributed by atoms with Gasteiger partial charge in [-0.3, -0.25) is 4.79 Å². The summed E-state index contributed by atoms with van der Waals surface area (Å²) in [6.07, 6.45) is 1.15. The van der Waals surface area contributed by atoms with Gasteiger partial charge in [0.25, 0.3) is 5.91 Å². The molecule has 0 aliphatic heterocycles. The molecule has 1 amide bonds. The van der Waals surface area contributed by atoms with E-state index in [1.807, 2.05) is 0 Å². The van der Waals surface area contributed by atoms with Crippen molar-refractivity contribution in [1.29, 1.82) is 0 Å². The van der Waals surface area contributed by atoms with Gasteiger partial charge >= 0.3 is 5.97 Å². The van der Waals surface area contributed by atoms with Gasteiger partial charge in [0.05, 0.1) is 12.7 Å². The molecule has 5 nitrogen and oxygen atoms in total. The van der Waals surface area contributed by atoms with Gasteiger partial charge in [-0.2, -0.15) is 4.39 Å². The number of hydrogen-bond acceptors (Lipinski definition) is 4. The quantitative estimate of drug-likeness (QED) is 0.696. The maximum atomic E-state index is 13.4. The number of methoxy groups -OCH3 is 1. The number of rotatable bonds is 3. The van der Waals surface area contributed by atoms with Gasteiger partial charge in [-0.05, 0) is 24.3 Å². The summed E-state index contributed by atoms with van der Waals surface area (Å²) in [5, 5.41) is 2.42. The molecule has 0 saturated heterocycles. The van der Waals surface area contributed by atoms with Crippen LogP contribution in [0.25, 0.3) is 0 Å². The van der Waals surface area contributed by atoms with Crippen LogP contribution in [0, 0.1) is 11.8 Å². The molecule has 0 bridgehead atoms. The number of anilines is 1. The Bertz CT molecular complexity index is 704. The van der Waals surface area contributed by atoms with Crippen LogP contribution in [-0.4, -0.2) is 24.0 Å². The standard InChI is InChI=1S/C14H10F2N2O3/c1-21-14(20)10-7-9(2-3-11(10)15)18-13(19)8-4-5-17-12(16)6-8/h2-7H,1H3,(H,18,19). The minimum absolute atomic E-state index is 0.0476. The second-order valence-corrected chi connectivity index (χ2v) is 4.01. The molecule has 1 heterocycles. The van der Waals surface area contributed by atoms with Crippen molar-refractivity contribution in [3.05, 3.63) is 59.4 Å². The number of ether oxygens (including phenoxy) is 1. The summed E-state index contributed by atoms with van der Waals surface area (Å²) < 4.78 is 30.8. The highest BCUT2D eigenvalue weighted by Crippen LogP contribution is 2.16. The monoisotopic (exact) mass is 292 g/mol. The third-order valence-electron chi connectivity index (χ3n) is 2.62. The lowest BCUT2D eigenvalue weighted by atomic mass is 10.1. The summed E-state index contributed by atoms with van der Waals surface area (Å²) in [5.41, 5.74) is -0.0818. The van der Waals surface area contributed by atoms with Crippen LogP contribution >= 0.6 is 0 Å². The number of aromatic nitrogens is 1. The predicted octanol–water partition coefficient (Wildman–Crippen LogP) is 2.40. The molecule has 0 atom stereocenters. The molecule has 108 valence electrons. The highest BCUT2D eigenvalue weighted by atomic mass is 19.1. The fraction of sp³-hybridized carbons (Fsp3) is 0.0714. The molecule has 0 unspecified atom stereocenters. The molecular weight excluding hydrogens is 282 g/mol. The van der Waals surface area contributed by atoms with E-state index in [4.69, 9.17) is 0 Å². The Labute approximate surface area is 118 Å². The van der Waals surface area contributed by atoms with E-state index in [1.165, 1.54) is 12.1 Å². The number of benzene rings is 1. The second-order valence-electron chi connectivity index (χ2n) is 4.01. The fourth-order valence-corrected chi connectivity index (χ4v) is 1.62. The normalized spacial score (nSPS) is 10.0. The maximum absolute atomic E-state index is 13.4. The number of nitrogens with zero attached hydrogens (tertiary/aromatic N) is 1. The van der Waals surface area contributed by atoms with Crippen molar-refractivity contribution >= 4 is 17.6 Å². The molecule has 0 radical (unpaired) electrons.